The molecule has 0 rings (SSSR count). The maximum Gasteiger partial charge on any atom is 0.220 e. The van der Waals surface area contributed by atoms with Crippen molar-refractivity contribution in [2.24, 2.45) is 0 Å². The Hall–Kier alpha value is -1.69. The third-order valence-electron chi connectivity index (χ3n) is 12.5. The van der Waals surface area contributed by atoms with Crippen LogP contribution in [0.25, 0.3) is 0 Å². The lowest BCUT2D eigenvalue weighted by Gasteiger charge is -2.26. The molecule has 5 nitrogen and oxygen atoms in total. The van der Waals surface area contributed by atoms with E-state index in [0.29, 0.717) is 12.8 Å². The number of rotatable bonds is 49. The number of nitrogens with one attached hydrogen (secondary N) is 1. The lowest BCUT2D eigenvalue weighted by Crippen LogP contribution is -2.50. The molecular formula is C56H105NO4. The molecule has 4 N–H and O–H groups in total. The molecule has 358 valence electrons. The summed E-state index contributed by atoms with van der Waals surface area (Å²) in [4.78, 5) is 12.4. The molecule has 0 heterocycles. The summed E-state index contributed by atoms with van der Waals surface area (Å²) in [5, 5.41) is 33.3. The predicted molar refractivity (Wildman–Crippen MR) is 268 cm³/mol. The molecule has 0 aliphatic heterocycles. The van der Waals surface area contributed by atoms with Crippen molar-refractivity contribution in [1.29, 1.82) is 0 Å². The van der Waals surface area contributed by atoms with Crippen LogP contribution in [0, 0.1) is 0 Å². The lowest BCUT2D eigenvalue weighted by molar-refractivity contribution is -0.124. The Morgan fingerprint density at radius 3 is 1.20 bits per heavy atom. The molecule has 1 amide bonds. The van der Waals surface area contributed by atoms with Gasteiger partial charge in [0.2, 0.25) is 5.91 Å². The Bertz CT molecular complexity index is 989. The van der Waals surface area contributed by atoms with Gasteiger partial charge in [0.1, 0.15) is 6.10 Å². The molecule has 0 saturated carbocycles. The van der Waals surface area contributed by atoms with Gasteiger partial charge in [-0.25, -0.2) is 0 Å². The predicted octanol–water partition coefficient (Wildman–Crippen LogP) is 16.4. The van der Waals surface area contributed by atoms with Crippen molar-refractivity contribution >= 4 is 5.91 Å². The van der Waals surface area contributed by atoms with E-state index in [1.54, 1.807) is 0 Å². The van der Waals surface area contributed by atoms with Gasteiger partial charge in [-0.3, -0.25) is 4.79 Å². The van der Waals surface area contributed by atoms with Gasteiger partial charge in [-0.15, -0.1) is 0 Å². The summed E-state index contributed by atoms with van der Waals surface area (Å²) in [6.07, 6.45) is 67.5. The third-order valence-corrected chi connectivity index (χ3v) is 12.5. The zero-order valence-electron chi connectivity index (χ0n) is 40.8. The van der Waals surface area contributed by atoms with E-state index in [2.05, 4.69) is 54.8 Å². The standard InChI is InChI=1S/C56H105NO4/c1-3-5-7-9-11-13-14-15-16-17-18-19-20-21-22-23-24-25-26-27-28-29-30-31-32-33-34-35-36-37-38-39-40-41-42-43-45-47-49-51-55(60)57-53(52-58)56(61)54(59)50-48-46-44-12-10-8-6-4-2/h4,6,12,24-25,27-28,44,53-54,56,58-59,61H,3,5,7-11,13-23,26,29-43,45-52H2,1-2H3,(H,57,60)/b6-4+,25-24-,28-27-,44-12+. The first-order valence-corrected chi connectivity index (χ1v) is 26.9. The second-order valence-corrected chi connectivity index (χ2v) is 18.4. The number of unbranched alkanes of at least 4 members (excludes halogenated alkanes) is 34. The highest BCUT2D eigenvalue weighted by Crippen LogP contribution is 2.17. The van der Waals surface area contributed by atoms with Gasteiger partial charge in [0.15, 0.2) is 0 Å². The quantitative estimate of drug-likeness (QED) is 0.0362. The molecule has 61 heavy (non-hydrogen) atoms. The second kappa shape index (κ2) is 50.9. The summed E-state index contributed by atoms with van der Waals surface area (Å²) in [7, 11) is 0. The normalized spacial score (nSPS) is 13.7. The number of hydrogen-bond acceptors (Lipinski definition) is 4. The third kappa shape index (κ3) is 46.1. The number of aliphatic hydroxyl groups excluding tert-OH is 3. The van der Waals surface area contributed by atoms with Crippen LogP contribution in [-0.4, -0.2) is 46.1 Å². The van der Waals surface area contributed by atoms with Crippen LogP contribution in [0.3, 0.4) is 0 Å². The summed E-state index contributed by atoms with van der Waals surface area (Å²) < 4.78 is 0. The van der Waals surface area contributed by atoms with Crippen molar-refractivity contribution in [2.45, 2.75) is 295 Å². The van der Waals surface area contributed by atoms with Crippen molar-refractivity contribution in [3.05, 3.63) is 48.6 Å². The number of carbonyl (C=O) groups is 1. The molecule has 0 aliphatic carbocycles. The average molecular weight is 856 g/mol. The number of aliphatic hydroxyl groups is 3. The van der Waals surface area contributed by atoms with E-state index in [-0.39, 0.29) is 12.5 Å². The highest BCUT2D eigenvalue weighted by molar-refractivity contribution is 5.76. The number of hydrogen-bond donors (Lipinski definition) is 4. The Morgan fingerprint density at radius 1 is 0.443 bits per heavy atom. The number of amides is 1. The second-order valence-electron chi connectivity index (χ2n) is 18.4. The van der Waals surface area contributed by atoms with Crippen LogP contribution in [-0.2, 0) is 4.79 Å². The number of allylic oxidation sites excluding steroid dienone is 8. The Balaban J connectivity index is 3.42. The van der Waals surface area contributed by atoms with Crippen molar-refractivity contribution in [3.8, 4) is 0 Å². The summed E-state index contributed by atoms with van der Waals surface area (Å²) in [5.74, 6) is -0.160. The van der Waals surface area contributed by atoms with Crippen LogP contribution in [0.2, 0.25) is 0 Å². The molecule has 3 unspecified atom stereocenters. The molecule has 0 aromatic carbocycles. The summed E-state index contributed by atoms with van der Waals surface area (Å²) in [5.41, 5.74) is 0. The van der Waals surface area contributed by atoms with Gasteiger partial charge in [-0.2, -0.15) is 0 Å². The van der Waals surface area contributed by atoms with E-state index in [9.17, 15) is 20.1 Å². The molecule has 5 heteroatoms. The molecule has 0 bridgehead atoms. The van der Waals surface area contributed by atoms with E-state index in [1.165, 1.54) is 199 Å². The molecule has 0 saturated heterocycles. The molecule has 3 atom stereocenters. The van der Waals surface area contributed by atoms with Crippen molar-refractivity contribution in [3.63, 3.8) is 0 Å². The van der Waals surface area contributed by atoms with Crippen LogP contribution in [0.4, 0.5) is 0 Å². The smallest absolute Gasteiger partial charge is 0.220 e. The minimum absolute atomic E-state index is 0.160. The average Bonchev–Trinajstić information content (AvgIpc) is 3.26. The van der Waals surface area contributed by atoms with E-state index in [1.807, 2.05) is 13.0 Å². The largest absolute Gasteiger partial charge is 0.394 e. The summed E-state index contributed by atoms with van der Waals surface area (Å²) >= 11 is 0. The van der Waals surface area contributed by atoms with Crippen molar-refractivity contribution in [2.75, 3.05) is 6.61 Å². The summed E-state index contributed by atoms with van der Waals surface area (Å²) in [6, 6.07) is -0.831. The first-order valence-electron chi connectivity index (χ1n) is 26.9. The maximum absolute atomic E-state index is 12.4. The molecule has 0 aromatic heterocycles. The van der Waals surface area contributed by atoms with Gasteiger partial charge < -0.3 is 20.6 Å². The first kappa shape index (κ1) is 59.3. The highest BCUT2D eigenvalue weighted by atomic mass is 16.3. The molecular weight excluding hydrogens is 751 g/mol. The molecule has 0 spiro atoms. The SMILES string of the molecule is C/C=C/CC/C=C/CCCC(O)C(O)C(CO)NC(=O)CCCCCCCCCCCCCCCCCCC/C=C\C/C=C\CCCCCCCCCCCCCCCCC. The first-order chi connectivity index (χ1) is 30.1. The fourth-order valence-corrected chi connectivity index (χ4v) is 8.34. The van der Waals surface area contributed by atoms with Crippen LogP contribution < -0.4 is 5.32 Å². The van der Waals surface area contributed by atoms with Gasteiger partial charge in [0, 0.05) is 6.42 Å². The minimum Gasteiger partial charge on any atom is -0.394 e. The fraction of sp³-hybridized carbons (Fsp3) is 0.839. The molecule has 0 fully saturated rings. The zero-order valence-corrected chi connectivity index (χ0v) is 40.8. The van der Waals surface area contributed by atoms with E-state index < -0.39 is 18.2 Å². The molecule has 0 aliphatic rings. The van der Waals surface area contributed by atoms with Gasteiger partial charge in [-0.1, -0.05) is 242 Å². The summed E-state index contributed by atoms with van der Waals surface area (Å²) in [6.45, 7) is 3.93. The lowest BCUT2D eigenvalue weighted by atomic mass is 10.0. The van der Waals surface area contributed by atoms with Gasteiger partial charge in [0.05, 0.1) is 18.8 Å². The highest BCUT2D eigenvalue weighted by Gasteiger charge is 2.26. The van der Waals surface area contributed by atoms with Gasteiger partial charge >= 0.3 is 0 Å². The molecule has 0 radical (unpaired) electrons. The van der Waals surface area contributed by atoms with Crippen LogP contribution in [0.1, 0.15) is 277 Å². The van der Waals surface area contributed by atoms with Gasteiger partial charge in [0.25, 0.3) is 0 Å². The van der Waals surface area contributed by atoms with Crippen LogP contribution in [0.5, 0.6) is 0 Å². The molecule has 0 aromatic rings. The van der Waals surface area contributed by atoms with Crippen LogP contribution in [0.15, 0.2) is 48.6 Å². The van der Waals surface area contributed by atoms with Crippen LogP contribution >= 0.6 is 0 Å². The zero-order chi connectivity index (χ0) is 44.4. The van der Waals surface area contributed by atoms with E-state index in [0.717, 1.165) is 51.4 Å². The minimum atomic E-state index is -1.16. The van der Waals surface area contributed by atoms with E-state index in [4.69, 9.17) is 0 Å². The van der Waals surface area contributed by atoms with Crippen molar-refractivity contribution in [1.82, 2.24) is 5.32 Å². The Morgan fingerprint density at radius 2 is 0.787 bits per heavy atom. The van der Waals surface area contributed by atoms with Crippen molar-refractivity contribution < 1.29 is 20.1 Å². The topological polar surface area (TPSA) is 89.8 Å². The fourth-order valence-electron chi connectivity index (χ4n) is 8.34. The number of carbonyl (C=O) groups excluding carboxylic acids is 1. The Kier molecular flexibility index (Phi) is 49.5. The monoisotopic (exact) mass is 856 g/mol. The van der Waals surface area contributed by atoms with E-state index >= 15 is 0 Å². The maximum atomic E-state index is 12.4. The Labute approximate surface area is 380 Å². The van der Waals surface area contributed by atoms with Gasteiger partial charge in [-0.05, 0) is 77.6 Å².